The molecule has 0 fully saturated rings. The van der Waals surface area contributed by atoms with Crippen molar-refractivity contribution in [2.45, 2.75) is 11.4 Å². The Hall–Kier alpha value is -2.03. The highest BCUT2D eigenvalue weighted by atomic mass is 32.2. The summed E-state index contributed by atoms with van der Waals surface area (Å²) in [4.78, 5) is 8.74. The molecule has 0 saturated carbocycles. The summed E-state index contributed by atoms with van der Waals surface area (Å²) in [7, 11) is -0.427. The van der Waals surface area contributed by atoms with E-state index in [0.717, 1.165) is 10.2 Å². The third-order valence-electron chi connectivity index (χ3n) is 3.42. The normalized spacial score (nSPS) is 12.0. The van der Waals surface area contributed by atoms with Crippen LogP contribution in [0.25, 0.3) is 10.2 Å². The van der Waals surface area contributed by atoms with Crippen LogP contribution in [0.3, 0.4) is 0 Å². The Morgan fingerprint density at radius 2 is 1.96 bits per heavy atom. The van der Waals surface area contributed by atoms with Gasteiger partial charge in [0.25, 0.3) is 0 Å². The zero-order valence-corrected chi connectivity index (χ0v) is 14.4. The van der Waals surface area contributed by atoms with Crippen LogP contribution < -0.4 is 5.32 Å². The second-order valence-electron chi connectivity index (χ2n) is 5.11. The number of sulfonamides is 1. The Morgan fingerprint density at radius 1 is 1.17 bits per heavy atom. The van der Waals surface area contributed by atoms with Gasteiger partial charge < -0.3 is 5.32 Å². The monoisotopic (exact) mass is 348 g/mol. The average Bonchev–Trinajstić information content (AvgIpc) is 3.02. The molecule has 0 spiro atoms. The van der Waals surface area contributed by atoms with Gasteiger partial charge in [0.1, 0.15) is 12.1 Å². The second kappa shape index (κ2) is 6.23. The summed E-state index contributed by atoms with van der Waals surface area (Å²) in [6, 6.07) is 8.90. The maximum atomic E-state index is 12.4. The third-order valence-corrected chi connectivity index (χ3v) is 6.25. The van der Waals surface area contributed by atoms with E-state index in [0.29, 0.717) is 22.8 Å². The number of hydrogen-bond acceptors (Lipinski definition) is 6. The first-order chi connectivity index (χ1) is 11.0. The van der Waals surface area contributed by atoms with Crippen molar-refractivity contribution in [3.8, 4) is 0 Å². The van der Waals surface area contributed by atoms with E-state index in [1.807, 2.05) is 17.5 Å². The number of fused-ring (bicyclic) bond motifs is 1. The fourth-order valence-corrected chi connectivity index (χ4v) is 4.12. The van der Waals surface area contributed by atoms with Gasteiger partial charge in [-0.25, -0.2) is 22.7 Å². The Morgan fingerprint density at radius 3 is 2.74 bits per heavy atom. The molecule has 2 heterocycles. The van der Waals surface area contributed by atoms with Crippen LogP contribution >= 0.6 is 11.3 Å². The molecular formula is C15H16N4O2S2. The van der Waals surface area contributed by atoms with E-state index >= 15 is 0 Å². The first kappa shape index (κ1) is 15.9. The largest absolute Gasteiger partial charge is 0.365 e. The maximum absolute atomic E-state index is 12.4. The van der Waals surface area contributed by atoms with Gasteiger partial charge in [-0.05, 0) is 23.1 Å². The van der Waals surface area contributed by atoms with E-state index in [9.17, 15) is 8.42 Å². The van der Waals surface area contributed by atoms with Crippen molar-refractivity contribution in [1.29, 1.82) is 0 Å². The highest BCUT2D eigenvalue weighted by Gasteiger charge is 2.20. The van der Waals surface area contributed by atoms with Gasteiger partial charge in [-0.15, -0.1) is 11.3 Å². The van der Waals surface area contributed by atoms with Gasteiger partial charge >= 0.3 is 0 Å². The Labute approximate surface area is 138 Å². The lowest BCUT2D eigenvalue weighted by molar-refractivity contribution is 0.520. The standard InChI is InChI=1S/C15H16N4O2S2/c1-19(2)23(20,21)13-6-4-3-5-11(13)9-16-15-14-12(7-8-22-14)17-10-18-15/h3-8,10H,9H2,1-2H3,(H,16,17,18). The van der Waals surface area contributed by atoms with Gasteiger partial charge in [-0.3, -0.25) is 0 Å². The zero-order chi connectivity index (χ0) is 16.4. The fourth-order valence-electron chi connectivity index (χ4n) is 2.19. The quantitative estimate of drug-likeness (QED) is 0.767. The minimum absolute atomic E-state index is 0.300. The molecule has 23 heavy (non-hydrogen) atoms. The molecule has 2 aromatic heterocycles. The van der Waals surface area contributed by atoms with Crippen molar-refractivity contribution in [1.82, 2.24) is 14.3 Å². The van der Waals surface area contributed by atoms with E-state index in [1.165, 1.54) is 24.7 Å². The van der Waals surface area contributed by atoms with Gasteiger partial charge in [0.05, 0.1) is 15.1 Å². The molecule has 0 aliphatic carbocycles. The van der Waals surface area contributed by atoms with Crippen LogP contribution in [-0.2, 0) is 16.6 Å². The fraction of sp³-hybridized carbons (Fsp3) is 0.200. The number of aromatic nitrogens is 2. The summed E-state index contributed by atoms with van der Waals surface area (Å²) >= 11 is 1.55. The highest BCUT2D eigenvalue weighted by Crippen LogP contribution is 2.26. The van der Waals surface area contributed by atoms with Crippen LogP contribution in [0.2, 0.25) is 0 Å². The summed E-state index contributed by atoms with van der Waals surface area (Å²) in [5.74, 6) is 0.710. The van der Waals surface area contributed by atoms with Gasteiger partial charge in [-0.2, -0.15) is 0 Å². The van der Waals surface area contributed by atoms with E-state index in [4.69, 9.17) is 0 Å². The summed E-state index contributed by atoms with van der Waals surface area (Å²) < 4.78 is 27.0. The van der Waals surface area contributed by atoms with E-state index in [1.54, 1.807) is 29.5 Å². The van der Waals surface area contributed by atoms with Crippen LogP contribution in [0.5, 0.6) is 0 Å². The molecule has 120 valence electrons. The van der Waals surface area contributed by atoms with Crippen molar-refractivity contribution < 1.29 is 8.42 Å². The third kappa shape index (κ3) is 3.05. The first-order valence-electron chi connectivity index (χ1n) is 6.92. The molecule has 8 heteroatoms. The van der Waals surface area contributed by atoms with Crippen molar-refractivity contribution in [3.63, 3.8) is 0 Å². The number of rotatable bonds is 5. The van der Waals surface area contributed by atoms with E-state index < -0.39 is 10.0 Å². The molecule has 6 nitrogen and oxygen atoms in total. The number of anilines is 1. The predicted octanol–water partition coefficient (Wildman–Crippen LogP) is 2.55. The summed E-state index contributed by atoms with van der Waals surface area (Å²) in [6.45, 7) is 0.368. The van der Waals surface area contributed by atoms with Gasteiger partial charge in [0.2, 0.25) is 10.0 Å². The SMILES string of the molecule is CN(C)S(=O)(=O)c1ccccc1CNc1ncnc2ccsc12. The molecule has 0 amide bonds. The minimum atomic E-state index is -3.48. The average molecular weight is 348 g/mol. The van der Waals surface area contributed by atoms with Crippen LogP contribution in [0, 0.1) is 0 Å². The smallest absolute Gasteiger partial charge is 0.242 e. The Bertz CT molecular complexity index is 935. The lowest BCUT2D eigenvalue weighted by Gasteiger charge is -2.15. The van der Waals surface area contributed by atoms with Gasteiger partial charge in [0, 0.05) is 20.6 Å². The number of hydrogen-bond donors (Lipinski definition) is 1. The summed E-state index contributed by atoms with van der Waals surface area (Å²) in [5.41, 5.74) is 1.58. The van der Waals surface area contributed by atoms with Crippen LogP contribution in [0.4, 0.5) is 5.82 Å². The van der Waals surface area contributed by atoms with Crippen LogP contribution in [-0.4, -0.2) is 36.8 Å². The molecule has 0 saturated heterocycles. The molecule has 3 aromatic rings. The second-order valence-corrected chi connectivity index (χ2v) is 8.14. The maximum Gasteiger partial charge on any atom is 0.242 e. The number of benzene rings is 1. The van der Waals surface area contributed by atoms with Crippen molar-refractivity contribution in [2.75, 3.05) is 19.4 Å². The van der Waals surface area contributed by atoms with E-state index in [-0.39, 0.29) is 0 Å². The first-order valence-corrected chi connectivity index (χ1v) is 9.24. The summed E-state index contributed by atoms with van der Waals surface area (Å²) in [5, 5.41) is 5.17. The topological polar surface area (TPSA) is 75.2 Å². The van der Waals surface area contributed by atoms with Crippen molar-refractivity contribution in [2.24, 2.45) is 0 Å². The molecule has 0 atom stereocenters. The van der Waals surface area contributed by atoms with E-state index in [2.05, 4.69) is 15.3 Å². The molecular weight excluding hydrogens is 332 g/mol. The number of thiophene rings is 1. The molecule has 0 radical (unpaired) electrons. The van der Waals surface area contributed by atoms with Gasteiger partial charge in [0.15, 0.2) is 0 Å². The molecule has 0 bridgehead atoms. The molecule has 0 aliphatic heterocycles. The Kier molecular flexibility index (Phi) is 4.29. The lowest BCUT2D eigenvalue weighted by atomic mass is 10.2. The highest BCUT2D eigenvalue weighted by molar-refractivity contribution is 7.89. The van der Waals surface area contributed by atoms with Gasteiger partial charge in [-0.1, -0.05) is 18.2 Å². The molecule has 3 rings (SSSR count). The van der Waals surface area contributed by atoms with Crippen molar-refractivity contribution >= 4 is 37.4 Å². The molecule has 1 aromatic carbocycles. The lowest BCUT2D eigenvalue weighted by Crippen LogP contribution is -2.23. The molecule has 1 N–H and O–H groups in total. The molecule has 0 aliphatic rings. The van der Waals surface area contributed by atoms with Crippen molar-refractivity contribution in [3.05, 3.63) is 47.6 Å². The zero-order valence-electron chi connectivity index (χ0n) is 12.7. The van der Waals surface area contributed by atoms with Crippen LogP contribution in [0.15, 0.2) is 46.9 Å². The minimum Gasteiger partial charge on any atom is -0.365 e. The molecule has 0 unspecified atom stereocenters. The van der Waals surface area contributed by atoms with Crippen LogP contribution in [0.1, 0.15) is 5.56 Å². The Balaban J connectivity index is 1.91. The number of nitrogens with one attached hydrogen (secondary N) is 1. The number of nitrogens with zero attached hydrogens (tertiary/aromatic N) is 3. The summed E-state index contributed by atoms with van der Waals surface area (Å²) in [6.07, 6.45) is 1.50. The predicted molar refractivity (Wildman–Crippen MR) is 92.1 cm³/mol.